The number of rotatable bonds is 5. The van der Waals surface area contributed by atoms with E-state index in [9.17, 15) is 5.11 Å². The van der Waals surface area contributed by atoms with Crippen molar-refractivity contribution in [2.75, 3.05) is 20.7 Å². The van der Waals surface area contributed by atoms with E-state index in [0.717, 1.165) is 46.8 Å². The molecule has 0 radical (unpaired) electrons. The van der Waals surface area contributed by atoms with Crippen LogP contribution in [0.2, 0.25) is 0 Å². The first-order chi connectivity index (χ1) is 12.7. The van der Waals surface area contributed by atoms with Gasteiger partial charge in [-0.25, -0.2) is 9.97 Å². The van der Waals surface area contributed by atoms with E-state index in [1.807, 2.05) is 6.07 Å². The van der Waals surface area contributed by atoms with Crippen molar-refractivity contribution < 1.29 is 9.84 Å². The quantitative estimate of drug-likeness (QED) is 0.742. The van der Waals surface area contributed by atoms with Gasteiger partial charge in [-0.05, 0) is 57.8 Å². The third-order valence-corrected chi connectivity index (χ3v) is 6.44. The number of ether oxygens (including phenoxy) is 1. The summed E-state index contributed by atoms with van der Waals surface area (Å²) in [6, 6.07) is 6.87. The van der Waals surface area contributed by atoms with Crippen LogP contribution in [0.4, 0.5) is 0 Å². The lowest BCUT2D eigenvalue weighted by atomic mass is 9.92. The van der Waals surface area contributed by atoms with E-state index in [1.54, 1.807) is 17.7 Å². The van der Waals surface area contributed by atoms with Crippen LogP contribution < -0.4 is 4.74 Å². The average Bonchev–Trinajstić information content (AvgIpc) is 3.03. The molecule has 0 unspecified atom stereocenters. The van der Waals surface area contributed by atoms with E-state index in [1.165, 1.54) is 4.70 Å². The zero-order valence-electron chi connectivity index (χ0n) is 15.3. The predicted octanol–water partition coefficient (Wildman–Crippen LogP) is 3.63. The molecular weight excluding hydrogens is 346 g/mol. The third kappa shape index (κ3) is 3.29. The molecule has 6 heteroatoms. The summed E-state index contributed by atoms with van der Waals surface area (Å²) in [6.07, 6.45) is 6.87. The first-order valence-corrected chi connectivity index (χ1v) is 10.1. The molecule has 0 atom stereocenters. The Morgan fingerprint density at radius 1 is 1.15 bits per heavy atom. The van der Waals surface area contributed by atoms with Gasteiger partial charge in [0, 0.05) is 22.7 Å². The van der Waals surface area contributed by atoms with Gasteiger partial charge >= 0.3 is 0 Å². The second-order valence-corrected chi connectivity index (χ2v) is 8.27. The molecule has 0 saturated heterocycles. The van der Waals surface area contributed by atoms with Crippen molar-refractivity contribution in [3.63, 3.8) is 0 Å². The minimum absolute atomic E-state index is 0.134. The third-order valence-electron chi connectivity index (χ3n) is 5.38. The lowest BCUT2D eigenvalue weighted by Crippen LogP contribution is -2.35. The SMILES string of the molecule is CN(C)[C@H]1CC[C@H](Oc2ncnc3sc4cccc(CCO)c4c23)CC1. The van der Waals surface area contributed by atoms with Gasteiger partial charge < -0.3 is 14.7 Å². The molecule has 0 aliphatic heterocycles. The second-order valence-electron chi connectivity index (χ2n) is 7.24. The number of aromatic nitrogens is 2. The van der Waals surface area contributed by atoms with Gasteiger partial charge in [0.25, 0.3) is 0 Å². The molecule has 1 saturated carbocycles. The number of nitrogens with zero attached hydrogens (tertiary/aromatic N) is 3. The van der Waals surface area contributed by atoms with E-state index in [0.29, 0.717) is 18.3 Å². The summed E-state index contributed by atoms with van der Waals surface area (Å²) >= 11 is 1.66. The van der Waals surface area contributed by atoms with E-state index in [-0.39, 0.29) is 12.7 Å². The average molecular weight is 372 g/mol. The molecular formula is C20H25N3O2S. The Kier molecular flexibility index (Phi) is 5.07. The first kappa shape index (κ1) is 17.6. The topological polar surface area (TPSA) is 58.5 Å². The molecule has 1 fully saturated rings. The normalized spacial score (nSPS) is 20.9. The zero-order chi connectivity index (χ0) is 18.1. The maximum absolute atomic E-state index is 9.43. The van der Waals surface area contributed by atoms with Crippen LogP contribution in [-0.2, 0) is 6.42 Å². The summed E-state index contributed by atoms with van der Waals surface area (Å²) in [4.78, 5) is 12.2. The number of benzene rings is 1. The van der Waals surface area contributed by atoms with E-state index in [4.69, 9.17) is 4.74 Å². The molecule has 0 spiro atoms. The van der Waals surface area contributed by atoms with Crippen molar-refractivity contribution in [1.82, 2.24) is 14.9 Å². The van der Waals surface area contributed by atoms with Gasteiger partial charge in [0.2, 0.25) is 5.88 Å². The molecule has 1 aliphatic rings. The zero-order valence-corrected chi connectivity index (χ0v) is 16.1. The van der Waals surface area contributed by atoms with Crippen LogP contribution >= 0.6 is 11.3 Å². The van der Waals surface area contributed by atoms with Crippen molar-refractivity contribution in [1.29, 1.82) is 0 Å². The number of aliphatic hydroxyl groups is 1. The number of aliphatic hydroxyl groups excluding tert-OH is 1. The van der Waals surface area contributed by atoms with Crippen molar-refractivity contribution in [3.05, 3.63) is 30.1 Å². The highest BCUT2D eigenvalue weighted by Crippen LogP contribution is 2.40. The van der Waals surface area contributed by atoms with Crippen molar-refractivity contribution in [2.45, 2.75) is 44.2 Å². The summed E-state index contributed by atoms with van der Waals surface area (Å²) in [5, 5.41) is 11.6. The molecule has 1 aliphatic carbocycles. The standard InChI is InChI=1S/C20H25N3O2S/c1-23(2)14-6-8-15(9-7-14)25-19-18-17-13(10-11-24)4-3-5-16(17)26-20(18)22-12-21-19/h3-5,12,14-15,24H,6-11H2,1-2H3/t14-,15-. The second kappa shape index (κ2) is 7.47. The minimum Gasteiger partial charge on any atom is -0.474 e. The molecule has 0 bridgehead atoms. The molecule has 5 nitrogen and oxygen atoms in total. The fraction of sp³-hybridized carbons (Fsp3) is 0.500. The fourth-order valence-corrected chi connectivity index (χ4v) is 5.03. The largest absolute Gasteiger partial charge is 0.474 e. The maximum atomic E-state index is 9.43. The Morgan fingerprint density at radius 2 is 1.96 bits per heavy atom. The highest BCUT2D eigenvalue weighted by atomic mass is 32.1. The maximum Gasteiger partial charge on any atom is 0.226 e. The van der Waals surface area contributed by atoms with E-state index < -0.39 is 0 Å². The number of hydrogen-bond donors (Lipinski definition) is 1. The summed E-state index contributed by atoms with van der Waals surface area (Å²) in [5.41, 5.74) is 1.13. The van der Waals surface area contributed by atoms with Crippen LogP contribution in [0.5, 0.6) is 5.88 Å². The van der Waals surface area contributed by atoms with Gasteiger partial charge in [0.1, 0.15) is 17.3 Å². The van der Waals surface area contributed by atoms with Gasteiger partial charge in [-0.15, -0.1) is 11.3 Å². The van der Waals surface area contributed by atoms with E-state index in [2.05, 4.69) is 41.1 Å². The van der Waals surface area contributed by atoms with Crippen LogP contribution in [0.1, 0.15) is 31.2 Å². The first-order valence-electron chi connectivity index (χ1n) is 9.26. The van der Waals surface area contributed by atoms with Crippen LogP contribution in [0.3, 0.4) is 0 Å². The predicted molar refractivity (Wildman–Crippen MR) is 106 cm³/mol. The smallest absolute Gasteiger partial charge is 0.226 e. The van der Waals surface area contributed by atoms with Gasteiger partial charge in [-0.2, -0.15) is 0 Å². The molecule has 0 amide bonds. The molecule has 3 aromatic rings. The molecule has 2 heterocycles. The monoisotopic (exact) mass is 371 g/mol. The molecule has 2 aromatic heterocycles. The van der Waals surface area contributed by atoms with Crippen molar-refractivity contribution in [2.24, 2.45) is 0 Å². The molecule has 4 rings (SSSR count). The lowest BCUT2D eigenvalue weighted by molar-refractivity contribution is 0.108. The van der Waals surface area contributed by atoms with Crippen LogP contribution in [0.15, 0.2) is 24.5 Å². The Labute approximate surface area is 157 Å². The minimum atomic E-state index is 0.134. The summed E-state index contributed by atoms with van der Waals surface area (Å²) in [7, 11) is 4.31. The summed E-state index contributed by atoms with van der Waals surface area (Å²) < 4.78 is 7.54. The molecule has 1 N–H and O–H groups in total. The molecule has 1 aromatic carbocycles. The fourth-order valence-electron chi connectivity index (χ4n) is 3.95. The number of hydrogen-bond acceptors (Lipinski definition) is 6. The lowest BCUT2D eigenvalue weighted by Gasteiger charge is -2.32. The van der Waals surface area contributed by atoms with Crippen molar-refractivity contribution in [3.8, 4) is 5.88 Å². The Bertz CT molecular complexity index is 901. The molecule has 26 heavy (non-hydrogen) atoms. The van der Waals surface area contributed by atoms with Crippen LogP contribution in [-0.4, -0.2) is 52.8 Å². The van der Waals surface area contributed by atoms with Gasteiger partial charge in [-0.3, -0.25) is 0 Å². The van der Waals surface area contributed by atoms with Crippen molar-refractivity contribution >= 4 is 31.6 Å². The summed E-state index contributed by atoms with van der Waals surface area (Å²) in [5.74, 6) is 0.694. The Balaban J connectivity index is 1.68. The summed E-state index contributed by atoms with van der Waals surface area (Å²) in [6.45, 7) is 0.134. The highest BCUT2D eigenvalue weighted by Gasteiger charge is 2.25. The van der Waals surface area contributed by atoms with E-state index >= 15 is 0 Å². The number of thiophene rings is 1. The highest BCUT2D eigenvalue weighted by molar-refractivity contribution is 7.25. The van der Waals surface area contributed by atoms with Gasteiger partial charge in [0.05, 0.1) is 5.39 Å². The Hall–Kier alpha value is -1.76. The van der Waals surface area contributed by atoms with Gasteiger partial charge in [-0.1, -0.05) is 12.1 Å². The number of fused-ring (bicyclic) bond motifs is 3. The molecule has 138 valence electrons. The van der Waals surface area contributed by atoms with Gasteiger partial charge in [0.15, 0.2) is 0 Å². The van der Waals surface area contributed by atoms with Crippen LogP contribution in [0.25, 0.3) is 20.3 Å². The Morgan fingerprint density at radius 3 is 2.69 bits per heavy atom. The van der Waals surface area contributed by atoms with Crippen LogP contribution in [0, 0.1) is 0 Å².